The average Bonchev–Trinajstić information content (AvgIpc) is 2.66. The Kier molecular flexibility index (Phi) is 5.03. The van der Waals surface area contributed by atoms with Crippen LogP contribution < -0.4 is 15.0 Å². The predicted molar refractivity (Wildman–Crippen MR) is 98.4 cm³/mol. The van der Waals surface area contributed by atoms with Gasteiger partial charge in [-0.05, 0) is 42.7 Å². The van der Waals surface area contributed by atoms with Gasteiger partial charge in [0.15, 0.2) is 0 Å². The molecule has 2 aromatic carbocycles. The zero-order valence-corrected chi connectivity index (χ0v) is 14.5. The van der Waals surface area contributed by atoms with Crippen LogP contribution in [-0.2, 0) is 11.2 Å². The molecule has 0 aromatic heterocycles. The lowest BCUT2D eigenvalue weighted by Gasteiger charge is -2.29. The van der Waals surface area contributed by atoms with E-state index in [9.17, 15) is 9.59 Å². The van der Waals surface area contributed by atoms with Crippen LogP contribution in [0.4, 0.5) is 11.4 Å². The van der Waals surface area contributed by atoms with Crippen LogP contribution in [0.1, 0.15) is 35.7 Å². The molecule has 0 radical (unpaired) electrons. The molecule has 0 saturated carbocycles. The summed E-state index contributed by atoms with van der Waals surface area (Å²) in [7, 11) is 1.54. The molecular formula is C20H22N2O3. The topological polar surface area (TPSA) is 58.6 Å². The Morgan fingerprint density at radius 3 is 2.76 bits per heavy atom. The van der Waals surface area contributed by atoms with E-state index in [1.807, 2.05) is 36.1 Å². The van der Waals surface area contributed by atoms with Gasteiger partial charge in [-0.3, -0.25) is 9.59 Å². The van der Waals surface area contributed by atoms with E-state index >= 15 is 0 Å². The van der Waals surface area contributed by atoms with Crippen molar-refractivity contribution in [1.29, 1.82) is 0 Å². The maximum absolute atomic E-state index is 12.6. The lowest BCUT2D eigenvalue weighted by molar-refractivity contribution is -0.118. The maximum atomic E-state index is 12.6. The number of aryl methyl sites for hydroxylation is 1. The minimum absolute atomic E-state index is 0.106. The van der Waals surface area contributed by atoms with Crippen LogP contribution in [0.5, 0.6) is 5.75 Å². The summed E-state index contributed by atoms with van der Waals surface area (Å²) < 4.78 is 5.24. The predicted octanol–water partition coefficient (Wildman–Crippen LogP) is 3.64. The van der Waals surface area contributed by atoms with Crippen LogP contribution in [0.2, 0.25) is 0 Å². The van der Waals surface area contributed by atoms with E-state index < -0.39 is 0 Å². The number of rotatable bonds is 4. The Morgan fingerprint density at radius 2 is 2.00 bits per heavy atom. The van der Waals surface area contributed by atoms with Gasteiger partial charge in [-0.15, -0.1) is 0 Å². The van der Waals surface area contributed by atoms with E-state index in [1.165, 1.54) is 0 Å². The molecule has 5 nitrogen and oxygen atoms in total. The minimum Gasteiger partial charge on any atom is -0.496 e. The second-order valence-electron chi connectivity index (χ2n) is 6.00. The van der Waals surface area contributed by atoms with Crippen molar-refractivity contribution in [3.63, 3.8) is 0 Å². The minimum atomic E-state index is -0.235. The molecule has 0 saturated heterocycles. The number of amides is 2. The quantitative estimate of drug-likeness (QED) is 0.926. The van der Waals surface area contributed by atoms with Crippen molar-refractivity contribution in [3.8, 4) is 5.75 Å². The molecule has 0 atom stereocenters. The largest absolute Gasteiger partial charge is 0.496 e. The lowest BCUT2D eigenvalue weighted by atomic mass is 10.0. The molecule has 0 unspecified atom stereocenters. The van der Waals surface area contributed by atoms with Crippen molar-refractivity contribution in [2.75, 3.05) is 23.9 Å². The first-order valence-electron chi connectivity index (χ1n) is 8.51. The van der Waals surface area contributed by atoms with Gasteiger partial charge in [0, 0.05) is 24.3 Å². The zero-order chi connectivity index (χ0) is 17.8. The van der Waals surface area contributed by atoms with Crippen molar-refractivity contribution in [2.45, 2.75) is 26.2 Å². The highest BCUT2D eigenvalue weighted by molar-refractivity contribution is 6.06. The van der Waals surface area contributed by atoms with Gasteiger partial charge in [-0.1, -0.05) is 25.1 Å². The summed E-state index contributed by atoms with van der Waals surface area (Å²) in [5, 5.41) is 2.90. The number of anilines is 2. The summed E-state index contributed by atoms with van der Waals surface area (Å²) in [6.07, 6.45) is 2.38. The molecule has 25 heavy (non-hydrogen) atoms. The number of ether oxygens (including phenoxy) is 1. The molecule has 0 fully saturated rings. The molecule has 1 heterocycles. The number of carbonyl (C=O) groups excluding carboxylic acids is 2. The monoisotopic (exact) mass is 338 g/mol. The van der Waals surface area contributed by atoms with Gasteiger partial charge in [-0.25, -0.2) is 0 Å². The second-order valence-corrected chi connectivity index (χ2v) is 6.00. The third kappa shape index (κ3) is 3.50. The Labute approximate surface area is 147 Å². The standard InChI is InChI=1S/C20H22N2O3/c1-3-19(23)22-12-6-7-14-10-11-15(13-17(14)22)21-20(24)16-8-4-5-9-18(16)25-2/h4-5,8-11,13H,3,6-7,12H2,1-2H3,(H,21,24). The van der Waals surface area contributed by atoms with Crippen molar-refractivity contribution in [3.05, 3.63) is 53.6 Å². The first-order valence-corrected chi connectivity index (χ1v) is 8.51. The molecule has 130 valence electrons. The highest BCUT2D eigenvalue weighted by atomic mass is 16.5. The van der Waals surface area contributed by atoms with Crippen LogP contribution in [0.15, 0.2) is 42.5 Å². The normalized spacial score (nSPS) is 13.1. The van der Waals surface area contributed by atoms with Gasteiger partial charge in [0.1, 0.15) is 5.75 Å². The van der Waals surface area contributed by atoms with Crippen LogP contribution in [-0.4, -0.2) is 25.5 Å². The summed E-state index contributed by atoms with van der Waals surface area (Å²) in [5.41, 5.74) is 3.19. The second kappa shape index (κ2) is 7.38. The van der Waals surface area contributed by atoms with Crippen LogP contribution >= 0.6 is 0 Å². The van der Waals surface area contributed by atoms with Gasteiger partial charge < -0.3 is 15.0 Å². The van der Waals surface area contributed by atoms with E-state index in [2.05, 4.69) is 5.32 Å². The Balaban J connectivity index is 1.87. The number of methoxy groups -OCH3 is 1. The van der Waals surface area contributed by atoms with E-state index in [1.54, 1.807) is 25.3 Å². The van der Waals surface area contributed by atoms with E-state index in [0.29, 0.717) is 23.4 Å². The molecule has 1 aliphatic rings. The SMILES string of the molecule is CCC(=O)N1CCCc2ccc(NC(=O)c3ccccc3OC)cc21. The first kappa shape index (κ1) is 17.0. The number of nitrogens with one attached hydrogen (secondary N) is 1. The number of hydrogen-bond acceptors (Lipinski definition) is 3. The molecule has 2 amide bonds. The molecule has 1 N–H and O–H groups in total. The third-order valence-corrected chi connectivity index (χ3v) is 4.42. The average molecular weight is 338 g/mol. The number of carbonyl (C=O) groups is 2. The number of fused-ring (bicyclic) bond motifs is 1. The van der Waals surface area contributed by atoms with Crippen molar-refractivity contribution in [2.24, 2.45) is 0 Å². The molecule has 0 bridgehead atoms. The molecule has 1 aliphatic heterocycles. The Morgan fingerprint density at radius 1 is 1.20 bits per heavy atom. The number of para-hydroxylation sites is 1. The maximum Gasteiger partial charge on any atom is 0.259 e. The first-order chi connectivity index (χ1) is 12.1. The summed E-state index contributed by atoms with van der Waals surface area (Å²) in [4.78, 5) is 26.6. The fourth-order valence-corrected chi connectivity index (χ4v) is 3.13. The summed E-state index contributed by atoms with van der Waals surface area (Å²) >= 11 is 0. The van der Waals surface area contributed by atoms with Crippen molar-refractivity contribution >= 4 is 23.2 Å². The molecule has 0 spiro atoms. The third-order valence-electron chi connectivity index (χ3n) is 4.42. The molecular weight excluding hydrogens is 316 g/mol. The van der Waals surface area contributed by atoms with Crippen molar-refractivity contribution in [1.82, 2.24) is 0 Å². The summed E-state index contributed by atoms with van der Waals surface area (Å²) in [6, 6.07) is 12.8. The van der Waals surface area contributed by atoms with Crippen LogP contribution in [0, 0.1) is 0 Å². The van der Waals surface area contributed by atoms with Gasteiger partial charge in [0.2, 0.25) is 5.91 Å². The zero-order valence-electron chi connectivity index (χ0n) is 14.5. The van der Waals surface area contributed by atoms with Crippen molar-refractivity contribution < 1.29 is 14.3 Å². The van der Waals surface area contributed by atoms with E-state index in [4.69, 9.17) is 4.74 Å². The Bertz CT molecular complexity index is 801. The van der Waals surface area contributed by atoms with Gasteiger partial charge >= 0.3 is 0 Å². The number of benzene rings is 2. The van der Waals surface area contributed by atoms with Crippen LogP contribution in [0.25, 0.3) is 0 Å². The summed E-state index contributed by atoms with van der Waals surface area (Å²) in [5.74, 6) is 0.400. The van der Waals surface area contributed by atoms with Gasteiger partial charge in [0.05, 0.1) is 12.7 Å². The fourth-order valence-electron chi connectivity index (χ4n) is 3.13. The molecule has 5 heteroatoms. The number of nitrogens with zero attached hydrogens (tertiary/aromatic N) is 1. The molecule has 2 aromatic rings. The Hall–Kier alpha value is -2.82. The van der Waals surface area contributed by atoms with Gasteiger partial charge in [-0.2, -0.15) is 0 Å². The molecule has 0 aliphatic carbocycles. The van der Waals surface area contributed by atoms with E-state index in [0.717, 1.165) is 30.6 Å². The lowest BCUT2D eigenvalue weighted by Crippen LogP contribution is -2.35. The van der Waals surface area contributed by atoms with Crippen LogP contribution in [0.3, 0.4) is 0 Å². The highest BCUT2D eigenvalue weighted by Gasteiger charge is 2.22. The van der Waals surface area contributed by atoms with E-state index in [-0.39, 0.29) is 11.8 Å². The highest BCUT2D eigenvalue weighted by Crippen LogP contribution is 2.31. The number of hydrogen-bond donors (Lipinski definition) is 1. The fraction of sp³-hybridized carbons (Fsp3) is 0.300. The van der Waals surface area contributed by atoms with Gasteiger partial charge in [0.25, 0.3) is 5.91 Å². The smallest absolute Gasteiger partial charge is 0.259 e. The summed E-state index contributed by atoms with van der Waals surface area (Å²) in [6.45, 7) is 2.59. The molecule has 3 rings (SSSR count).